The molecular formula is C11H21NOS. The maximum atomic E-state index is 5.37. The first-order valence-corrected chi connectivity index (χ1v) is 6.93. The Morgan fingerprint density at radius 3 is 2.79 bits per heavy atom. The first-order chi connectivity index (χ1) is 6.85. The summed E-state index contributed by atoms with van der Waals surface area (Å²) in [5, 5.41) is 3.67. The van der Waals surface area contributed by atoms with Gasteiger partial charge in [0.25, 0.3) is 0 Å². The van der Waals surface area contributed by atoms with Crippen molar-refractivity contribution in [3.05, 3.63) is 0 Å². The van der Waals surface area contributed by atoms with E-state index in [1.807, 2.05) is 0 Å². The molecule has 0 aromatic heterocycles. The molecule has 82 valence electrons. The van der Waals surface area contributed by atoms with Gasteiger partial charge in [0.15, 0.2) is 0 Å². The average Bonchev–Trinajstić information content (AvgIpc) is 2.87. The molecule has 14 heavy (non-hydrogen) atoms. The van der Waals surface area contributed by atoms with Gasteiger partial charge in [0.1, 0.15) is 0 Å². The molecule has 1 unspecified atom stereocenters. The molecule has 0 bridgehead atoms. The van der Waals surface area contributed by atoms with Crippen LogP contribution in [-0.4, -0.2) is 36.8 Å². The van der Waals surface area contributed by atoms with Gasteiger partial charge in [-0.3, -0.25) is 0 Å². The van der Waals surface area contributed by atoms with Crippen molar-refractivity contribution in [1.29, 1.82) is 0 Å². The summed E-state index contributed by atoms with van der Waals surface area (Å²) >= 11 is 2.06. The number of ether oxygens (including phenoxy) is 1. The molecule has 2 aliphatic rings. The number of rotatable bonds is 4. The lowest BCUT2D eigenvalue weighted by Gasteiger charge is -2.28. The zero-order valence-electron chi connectivity index (χ0n) is 9.05. The van der Waals surface area contributed by atoms with Crippen molar-refractivity contribution >= 4 is 11.8 Å². The highest BCUT2D eigenvalue weighted by Gasteiger charge is 2.33. The molecule has 0 aromatic rings. The van der Waals surface area contributed by atoms with Crippen LogP contribution in [0.5, 0.6) is 0 Å². The highest BCUT2D eigenvalue weighted by atomic mass is 32.2. The summed E-state index contributed by atoms with van der Waals surface area (Å²) in [7, 11) is 0. The van der Waals surface area contributed by atoms with E-state index in [9.17, 15) is 0 Å². The number of nitrogens with one attached hydrogen (secondary N) is 1. The van der Waals surface area contributed by atoms with Gasteiger partial charge in [0.2, 0.25) is 0 Å². The van der Waals surface area contributed by atoms with Crippen molar-refractivity contribution in [3.63, 3.8) is 0 Å². The monoisotopic (exact) mass is 215 g/mol. The van der Waals surface area contributed by atoms with E-state index in [2.05, 4.69) is 23.3 Å². The molecule has 1 aliphatic heterocycles. The Morgan fingerprint density at radius 1 is 1.43 bits per heavy atom. The van der Waals surface area contributed by atoms with Crippen LogP contribution in [0.3, 0.4) is 0 Å². The van der Waals surface area contributed by atoms with Gasteiger partial charge in [-0.25, -0.2) is 0 Å². The van der Waals surface area contributed by atoms with Crippen LogP contribution in [0.15, 0.2) is 0 Å². The van der Waals surface area contributed by atoms with Crippen molar-refractivity contribution in [1.82, 2.24) is 5.32 Å². The van der Waals surface area contributed by atoms with Gasteiger partial charge < -0.3 is 10.1 Å². The predicted molar refractivity (Wildman–Crippen MR) is 61.9 cm³/mol. The smallest absolute Gasteiger partial charge is 0.0620 e. The van der Waals surface area contributed by atoms with Crippen LogP contribution in [0.4, 0.5) is 0 Å². The second kappa shape index (κ2) is 4.86. The van der Waals surface area contributed by atoms with Crippen molar-refractivity contribution < 1.29 is 4.74 Å². The first kappa shape index (κ1) is 10.8. The summed E-state index contributed by atoms with van der Waals surface area (Å²) in [4.78, 5) is 0. The molecule has 1 saturated carbocycles. The molecule has 2 rings (SSSR count). The minimum Gasteiger partial charge on any atom is -0.380 e. The lowest BCUT2D eigenvalue weighted by atomic mass is 10.1. The van der Waals surface area contributed by atoms with Gasteiger partial charge >= 0.3 is 0 Å². The molecule has 1 saturated heterocycles. The lowest BCUT2D eigenvalue weighted by Crippen LogP contribution is -2.41. The fourth-order valence-electron chi connectivity index (χ4n) is 2.50. The highest BCUT2D eigenvalue weighted by Crippen LogP contribution is 2.39. The molecule has 2 fully saturated rings. The van der Waals surface area contributed by atoms with Crippen molar-refractivity contribution in [3.8, 4) is 0 Å². The molecule has 1 heterocycles. The molecular weight excluding hydrogens is 194 g/mol. The van der Waals surface area contributed by atoms with Gasteiger partial charge in [-0.1, -0.05) is 12.8 Å². The Morgan fingerprint density at radius 2 is 2.21 bits per heavy atom. The summed E-state index contributed by atoms with van der Waals surface area (Å²) in [6, 6.07) is 0.625. The van der Waals surface area contributed by atoms with E-state index in [0.29, 0.717) is 10.8 Å². The van der Waals surface area contributed by atoms with E-state index in [1.165, 1.54) is 38.6 Å². The van der Waals surface area contributed by atoms with Crippen LogP contribution in [-0.2, 0) is 4.74 Å². The SMILES string of the molecule is CSC1(CNC2CCOC2)CCCC1. The van der Waals surface area contributed by atoms with Gasteiger partial charge in [-0.15, -0.1) is 0 Å². The molecule has 2 nitrogen and oxygen atoms in total. The molecule has 0 amide bonds. The van der Waals surface area contributed by atoms with Crippen LogP contribution in [0.1, 0.15) is 32.1 Å². The Hall–Kier alpha value is 0.270. The maximum Gasteiger partial charge on any atom is 0.0620 e. The van der Waals surface area contributed by atoms with Crippen LogP contribution in [0.2, 0.25) is 0 Å². The fourth-order valence-corrected chi connectivity index (χ4v) is 3.42. The van der Waals surface area contributed by atoms with Crippen LogP contribution in [0.25, 0.3) is 0 Å². The molecule has 0 spiro atoms. The zero-order valence-corrected chi connectivity index (χ0v) is 9.87. The molecule has 1 N–H and O–H groups in total. The van der Waals surface area contributed by atoms with Crippen LogP contribution < -0.4 is 5.32 Å². The quantitative estimate of drug-likeness (QED) is 0.775. The van der Waals surface area contributed by atoms with Crippen molar-refractivity contribution in [2.24, 2.45) is 0 Å². The summed E-state index contributed by atoms with van der Waals surface area (Å²) < 4.78 is 5.91. The number of hydrogen-bond donors (Lipinski definition) is 1. The maximum absolute atomic E-state index is 5.37. The van der Waals surface area contributed by atoms with E-state index in [1.54, 1.807) is 0 Å². The Bertz CT molecular complexity index is 174. The predicted octanol–water partition coefficient (Wildman–Crippen LogP) is 2.04. The Labute approximate surface area is 91.2 Å². The molecule has 1 atom stereocenters. The minimum absolute atomic E-state index is 0.544. The molecule has 0 radical (unpaired) electrons. The van der Waals surface area contributed by atoms with E-state index < -0.39 is 0 Å². The summed E-state index contributed by atoms with van der Waals surface area (Å²) in [6.07, 6.45) is 9.10. The van der Waals surface area contributed by atoms with Crippen LogP contribution >= 0.6 is 11.8 Å². The molecule has 1 aliphatic carbocycles. The largest absolute Gasteiger partial charge is 0.380 e. The first-order valence-electron chi connectivity index (χ1n) is 5.71. The van der Waals surface area contributed by atoms with E-state index in [4.69, 9.17) is 4.74 Å². The van der Waals surface area contributed by atoms with Crippen LogP contribution in [0, 0.1) is 0 Å². The molecule has 0 aromatic carbocycles. The standard InChI is InChI=1S/C11H21NOS/c1-14-11(5-2-3-6-11)9-12-10-4-7-13-8-10/h10,12H,2-9H2,1H3. The summed E-state index contributed by atoms with van der Waals surface area (Å²) in [5.74, 6) is 0. The number of thioether (sulfide) groups is 1. The normalized spacial score (nSPS) is 31.1. The van der Waals surface area contributed by atoms with Crippen molar-refractivity contribution in [2.75, 3.05) is 26.0 Å². The van der Waals surface area contributed by atoms with Gasteiger partial charge in [0.05, 0.1) is 6.61 Å². The number of hydrogen-bond acceptors (Lipinski definition) is 3. The van der Waals surface area contributed by atoms with E-state index >= 15 is 0 Å². The van der Waals surface area contributed by atoms with Gasteiger partial charge in [-0.2, -0.15) is 11.8 Å². The zero-order chi connectivity index (χ0) is 9.86. The molecule has 3 heteroatoms. The lowest BCUT2D eigenvalue weighted by molar-refractivity contribution is 0.189. The summed E-state index contributed by atoms with van der Waals surface area (Å²) in [6.45, 7) is 3.05. The highest BCUT2D eigenvalue weighted by molar-refractivity contribution is 8.00. The van der Waals surface area contributed by atoms with E-state index in [0.717, 1.165) is 13.2 Å². The third kappa shape index (κ3) is 2.44. The Kier molecular flexibility index (Phi) is 3.74. The Balaban J connectivity index is 1.76. The third-order valence-electron chi connectivity index (χ3n) is 3.59. The third-order valence-corrected chi connectivity index (χ3v) is 5.01. The fraction of sp³-hybridized carbons (Fsp3) is 1.00. The second-order valence-corrected chi connectivity index (χ2v) is 5.81. The van der Waals surface area contributed by atoms with Gasteiger partial charge in [-0.05, 0) is 25.5 Å². The second-order valence-electron chi connectivity index (χ2n) is 4.54. The summed E-state index contributed by atoms with van der Waals surface area (Å²) in [5.41, 5.74) is 0. The van der Waals surface area contributed by atoms with E-state index in [-0.39, 0.29) is 0 Å². The average molecular weight is 215 g/mol. The van der Waals surface area contributed by atoms with Gasteiger partial charge in [0, 0.05) is 23.9 Å². The minimum atomic E-state index is 0.544. The van der Waals surface area contributed by atoms with Crippen molar-refractivity contribution in [2.45, 2.75) is 42.9 Å². The topological polar surface area (TPSA) is 21.3 Å².